The lowest BCUT2D eigenvalue weighted by atomic mass is 10.2. The van der Waals surface area contributed by atoms with Gasteiger partial charge in [0.1, 0.15) is 5.82 Å². The molecule has 104 valence electrons. The van der Waals surface area contributed by atoms with Gasteiger partial charge in [0.05, 0.1) is 6.54 Å². The van der Waals surface area contributed by atoms with Crippen molar-refractivity contribution in [2.45, 2.75) is 19.5 Å². The molecule has 0 aliphatic carbocycles. The fourth-order valence-electron chi connectivity index (χ4n) is 2.01. The SMILES string of the molecule is CC1CN=C(NCCN(C)Cc2ccc(F)cc2)N1. The molecule has 0 aromatic heterocycles. The van der Waals surface area contributed by atoms with Gasteiger partial charge in [0, 0.05) is 25.7 Å². The Morgan fingerprint density at radius 2 is 2.16 bits per heavy atom. The van der Waals surface area contributed by atoms with Gasteiger partial charge in [-0.2, -0.15) is 0 Å². The van der Waals surface area contributed by atoms with E-state index < -0.39 is 0 Å². The number of nitrogens with zero attached hydrogens (tertiary/aromatic N) is 2. The van der Waals surface area contributed by atoms with Gasteiger partial charge in [-0.1, -0.05) is 12.1 Å². The molecule has 0 fully saturated rings. The highest BCUT2D eigenvalue weighted by molar-refractivity contribution is 5.81. The Bertz CT molecular complexity index is 430. The van der Waals surface area contributed by atoms with Crippen LogP contribution in [0.4, 0.5) is 4.39 Å². The fraction of sp³-hybridized carbons (Fsp3) is 0.500. The molecular weight excluding hydrogens is 243 g/mol. The highest BCUT2D eigenvalue weighted by atomic mass is 19.1. The third-order valence-electron chi connectivity index (χ3n) is 3.06. The van der Waals surface area contributed by atoms with Crippen LogP contribution >= 0.6 is 0 Å². The lowest BCUT2D eigenvalue weighted by Gasteiger charge is -2.17. The van der Waals surface area contributed by atoms with Crippen LogP contribution in [-0.2, 0) is 6.54 Å². The van der Waals surface area contributed by atoms with Crippen molar-refractivity contribution in [1.29, 1.82) is 0 Å². The van der Waals surface area contributed by atoms with Crippen LogP contribution in [0.15, 0.2) is 29.3 Å². The van der Waals surface area contributed by atoms with Crippen molar-refractivity contribution in [2.24, 2.45) is 4.99 Å². The summed E-state index contributed by atoms with van der Waals surface area (Å²) in [7, 11) is 2.05. The first-order valence-corrected chi connectivity index (χ1v) is 6.61. The second-order valence-corrected chi connectivity index (χ2v) is 5.03. The van der Waals surface area contributed by atoms with Crippen LogP contribution in [0, 0.1) is 5.82 Å². The van der Waals surface area contributed by atoms with Gasteiger partial charge in [0.25, 0.3) is 0 Å². The van der Waals surface area contributed by atoms with Crippen molar-refractivity contribution in [3.63, 3.8) is 0 Å². The Balaban J connectivity index is 1.67. The molecule has 0 bridgehead atoms. The van der Waals surface area contributed by atoms with Crippen LogP contribution in [-0.4, -0.2) is 43.6 Å². The van der Waals surface area contributed by atoms with E-state index in [1.54, 1.807) is 0 Å². The van der Waals surface area contributed by atoms with Gasteiger partial charge in [0.15, 0.2) is 5.96 Å². The van der Waals surface area contributed by atoms with Crippen molar-refractivity contribution in [3.8, 4) is 0 Å². The zero-order valence-electron chi connectivity index (χ0n) is 11.5. The number of halogens is 1. The highest BCUT2D eigenvalue weighted by Gasteiger charge is 2.11. The molecule has 4 nitrogen and oxygen atoms in total. The molecule has 1 aliphatic heterocycles. The molecule has 0 saturated carbocycles. The quantitative estimate of drug-likeness (QED) is 0.839. The van der Waals surface area contributed by atoms with Gasteiger partial charge in [0.2, 0.25) is 0 Å². The van der Waals surface area contributed by atoms with Crippen molar-refractivity contribution in [1.82, 2.24) is 15.5 Å². The lowest BCUT2D eigenvalue weighted by Crippen LogP contribution is -2.40. The van der Waals surface area contributed by atoms with Crippen molar-refractivity contribution < 1.29 is 4.39 Å². The Morgan fingerprint density at radius 3 is 2.79 bits per heavy atom. The lowest BCUT2D eigenvalue weighted by molar-refractivity contribution is 0.331. The number of likely N-dealkylation sites (N-methyl/N-ethyl adjacent to an activating group) is 1. The number of nitrogens with one attached hydrogen (secondary N) is 2. The summed E-state index contributed by atoms with van der Waals surface area (Å²) in [5.41, 5.74) is 1.12. The van der Waals surface area contributed by atoms with Gasteiger partial charge >= 0.3 is 0 Å². The maximum Gasteiger partial charge on any atom is 0.191 e. The predicted molar refractivity (Wildman–Crippen MR) is 75.6 cm³/mol. The van der Waals surface area contributed by atoms with E-state index in [2.05, 4.69) is 34.5 Å². The third kappa shape index (κ3) is 4.52. The molecule has 0 radical (unpaired) electrons. The van der Waals surface area contributed by atoms with E-state index in [1.807, 2.05) is 12.1 Å². The number of hydrogen-bond donors (Lipinski definition) is 2. The Kier molecular flexibility index (Phi) is 4.74. The number of aliphatic imine (C=N–C) groups is 1. The molecule has 2 rings (SSSR count). The zero-order chi connectivity index (χ0) is 13.7. The summed E-state index contributed by atoms with van der Waals surface area (Å²) >= 11 is 0. The fourth-order valence-corrected chi connectivity index (χ4v) is 2.01. The van der Waals surface area contributed by atoms with Gasteiger partial charge in [-0.25, -0.2) is 4.39 Å². The van der Waals surface area contributed by atoms with Crippen LogP contribution in [0.5, 0.6) is 0 Å². The summed E-state index contributed by atoms with van der Waals surface area (Å²) < 4.78 is 12.8. The molecule has 5 heteroatoms. The molecule has 1 aromatic carbocycles. The smallest absolute Gasteiger partial charge is 0.191 e. The summed E-state index contributed by atoms with van der Waals surface area (Å²) in [6.07, 6.45) is 0. The summed E-state index contributed by atoms with van der Waals surface area (Å²) in [4.78, 5) is 6.54. The minimum Gasteiger partial charge on any atom is -0.355 e. The normalized spacial score (nSPS) is 18.3. The summed E-state index contributed by atoms with van der Waals surface area (Å²) in [6, 6.07) is 7.08. The van der Waals surface area contributed by atoms with Crippen molar-refractivity contribution >= 4 is 5.96 Å². The van der Waals surface area contributed by atoms with E-state index in [-0.39, 0.29) is 5.82 Å². The number of benzene rings is 1. The average molecular weight is 264 g/mol. The van der Waals surface area contributed by atoms with Crippen LogP contribution in [0.3, 0.4) is 0 Å². The number of rotatable bonds is 5. The maximum atomic E-state index is 12.8. The molecule has 0 amide bonds. The van der Waals surface area contributed by atoms with E-state index >= 15 is 0 Å². The Labute approximate surface area is 113 Å². The van der Waals surface area contributed by atoms with Crippen LogP contribution in [0.1, 0.15) is 12.5 Å². The molecule has 19 heavy (non-hydrogen) atoms. The van der Waals surface area contributed by atoms with Gasteiger partial charge in [-0.05, 0) is 31.7 Å². The highest BCUT2D eigenvalue weighted by Crippen LogP contribution is 2.05. The second kappa shape index (κ2) is 6.52. The van der Waals surface area contributed by atoms with Crippen LogP contribution in [0.2, 0.25) is 0 Å². The third-order valence-corrected chi connectivity index (χ3v) is 3.06. The molecule has 1 aromatic rings. The van der Waals surface area contributed by atoms with Crippen molar-refractivity contribution in [2.75, 3.05) is 26.7 Å². The largest absolute Gasteiger partial charge is 0.355 e. The van der Waals surface area contributed by atoms with Gasteiger partial charge < -0.3 is 15.5 Å². The summed E-state index contributed by atoms with van der Waals surface area (Å²) in [6.45, 7) is 5.52. The van der Waals surface area contributed by atoms with E-state index in [0.29, 0.717) is 6.04 Å². The van der Waals surface area contributed by atoms with Gasteiger partial charge in [-0.3, -0.25) is 4.99 Å². The molecule has 0 spiro atoms. The number of hydrogen-bond acceptors (Lipinski definition) is 4. The first kappa shape index (κ1) is 13.8. The van der Waals surface area contributed by atoms with E-state index in [1.165, 1.54) is 12.1 Å². The zero-order valence-corrected chi connectivity index (χ0v) is 11.5. The van der Waals surface area contributed by atoms with Crippen LogP contribution < -0.4 is 10.6 Å². The minimum absolute atomic E-state index is 0.187. The predicted octanol–water partition coefficient (Wildman–Crippen LogP) is 1.19. The average Bonchev–Trinajstić information content (AvgIpc) is 2.78. The van der Waals surface area contributed by atoms with E-state index in [0.717, 1.165) is 37.7 Å². The monoisotopic (exact) mass is 264 g/mol. The Hall–Kier alpha value is -1.62. The number of guanidine groups is 1. The summed E-state index contributed by atoms with van der Waals surface area (Å²) in [5, 5.41) is 6.54. The van der Waals surface area contributed by atoms with E-state index in [4.69, 9.17) is 0 Å². The standard InChI is InChI=1S/C14H21FN4/c1-11-9-17-14(18-11)16-7-8-19(2)10-12-3-5-13(15)6-4-12/h3-6,11H,7-10H2,1-2H3,(H2,16,17,18). The molecule has 0 saturated heterocycles. The topological polar surface area (TPSA) is 39.7 Å². The molecule has 2 N–H and O–H groups in total. The molecule has 1 unspecified atom stereocenters. The molecule has 1 heterocycles. The molecule has 1 aliphatic rings. The second-order valence-electron chi connectivity index (χ2n) is 5.03. The van der Waals surface area contributed by atoms with E-state index in [9.17, 15) is 4.39 Å². The molecular formula is C14H21FN4. The molecule has 1 atom stereocenters. The first-order valence-electron chi connectivity index (χ1n) is 6.61. The first-order chi connectivity index (χ1) is 9.13. The minimum atomic E-state index is -0.187. The Morgan fingerprint density at radius 1 is 1.42 bits per heavy atom. The van der Waals surface area contributed by atoms with Gasteiger partial charge in [-0.15, -0.1) is 0 Å². The maximum absolute atomic E-state index is 12.8. The summed E-state index contributed by atoms with van der Waals surface area (Å²) in [5.74, 6) is 0.704. The van der Waals surface area contributed by atoms with Crippen LogP contribution in [0.25, 0.3) is 0 Å². The van der Waals surface area contributed by atoms with Crippen molar-refractivity contribution in [3.05, 3.63) is 35.6 Å².